The summed E-state index contributed by atoms with van der Waals surface area (Å²) in [4.78, 5) is 26.7. The molecule has 1 heterocycles. The van der Waals surface area contributed by atoms with E-state index in [1.54, 1.807) is 11.9 Å². The van der Waals surface area contributed by atoms with Gasteiger partial charge in [-0.2, -0.15) is 0 Å². The summed E-state index contributed by atoms with van der Waals surface area (Å²) in [6.07, 6.45) is 0. The van der Waals surface area contributed by atoms with Crippen LogP contribution in [-0.4, -0.2) is 58.5 Å². The van der Waals surface area contributed by atoms with Gasteiger partial charge in [-0.15, -0.1) is 10.2 Å². The van der Waals surface area contributed by atoms with Crippen LogP contribution in [0.25, 0.3) is 0 Å². The summed E-state index contributed by atoms with van der Waals surface area (Å²) < 4.78 is 0.210. The van der Waals surface area contributed by atoms with E-state index in [2.05, 4.69) is 10.2 Å². The Morgan fingerprint density at radius 2 is 1.89 bits per heavy atom. The van der Waals surface area contributed by atoms with Crippen LogP contribution in [0.2, 0.25) is 4.47 Å². The van der Waals surface area contributed by atoms with Gasteiger partial charge in [-0.05, 0) is 25.4 Å². The van der Waals surface area contributed by atoms with Crippen LogP contribution in [0.1, 0.15) is 23.6 Å². The van der Waals surface area contributed by atoms with Gasteiger partial charge in [-0.25, -0.2) is 0 Å². The van der Waals surface area contributed by atoms with Crippen LogP contribution in [0.4, 0.5) is 0 Å². The Morgan fingerprint density at radius 1 is 1.28 bits per heavy atom. The first-order valence-corrected chi connectivity index (χ1v) is 6.71. The van der Waals surface area contributed by atoms with E-state index in [0.29, 0.717) is 13.1 Å². The van der Waals surface area contributed by atoms with E-state index < -0.39 is 0 Å². The Labute approximate surface area is 115 Å². The zero-order valence-electron chi connectivity index (χ0n) is 10.5. The molecule has 0 aliphatic carbocycles. The SMILES string of the molecule is CCN(CC)C(=O)CN(C)C(=O)c1nnc(Cl)s1. The normalized spacial score (nSPS) is 10.2. The third kappa shape index (κ3) is 3.64. The maximum atomic E-state index is 11.9. The molecule has 0 aromatic carbocycles. The van der Waals surface area contributed by atoms with Crippen LogP contribution in [0.3, 0.4) is 0 Å². The van der Waals surface area contributed by atoms with Gasteiger partial charge >= 0.3 is 0 Å². The number of hydrogen-bond donors (Lipinski definition) is 0. The zero-order chi connectivity index (χ0) is 13.7. The van der Waals surface area contributed by atoms with E-state index >= 15 is 0 Å². The van der Waals surface area contributed by atoms with Crippen LogP contribution in [0, 0.1) is 0 Å². The molecule has 0 bridgehead atoms. The molecule has 0 aliphatic heterocycles. The number of halogens is 1. The van der Waals surface area contributed by atoms with Gasteiger partial charge in [0.15, 0.2) is 0 Å². The molecule has 0 saturated carbocycles. The van der Waals surface area contributed by atoms with Gasteiger partial charge < -0.3 is 9.80 Å². The Hall–Kier alpha value is -1.21. The Kier molecular flexibility index (Phi) is 5.49. The summed E-state index contributed by atoms with van der Waals surface area (Å²) >= 11 is 6.61. The van der Waals surface area contributed by atoms with Crippen molar-refractivity contribution in [3.05, 3.63) is 9.47 Å². The van der Waals surface area contributed by atoms with Crippen molar-refractivity contribution in [3.63, 3.8) is 0 Å². The van der Waals surface area contributed by atoms with Crippen molar-refractivity contribution in [1.82, 2.24) is 20.0 Å². The molecule has 0 atom stereocenters. The maximum Gasteiger partial charge on any atom is 0.285 e. The molecule has 0 N–H and O–H groups in total. The molecule has 1 rings (SSSR count). The highest BCUT2D eigenvalue weighted by atomic mass is 35.5. The van der Waals surface area contributed by atoms with E-state index in [-0.39, 0.29) is 27.8 Å². The fraction of sp³-hybridized carbons (Fsp3) is 0.600. The molecular weight excluding hydrogens is 276 g/mol. The number of aromatic nitrogens is 2. The predicted octanol–water partition coefficient (Wildman–Crippen LogP) is 1.13. The first-order chi connectivity index (χ1) is 8.49. The average Bonchev–Trinajstić information content (AvgIpc) is 2.76. The first-order valence-electron chi connectivity index (χ1n) is 5.51. The number of rotatable bonds is 5. The molecule has 0 fully saturated rings. The van der Waals surface area contributed by atoms with Crippen molar-refractivity contribution in [2.45, 2.75) is 13.8 Å². The third-order valence-electron chi connectivity index (χ3n) is 2.42. The molecule has 18 heavy (non-hydrogen) atoms. The molecule has 0 spiro atoms. The number of hydrogen-bond acceptors (Lipinski definition) is 5. The molecule has 100 valence electrons. The number of nitrogens with zero attached hydrogens (tertiary/aromatic N) is 4. The molecule has 0 unspecified atom stereocenters. The van der Waals surface area contributed by atoms with Crippen molar-refractivity contribution in [1.29, 1.82) is 0 Å². The quantitative estimate of drug-likeness (QED) is 0.815. The van der Waals surface area contributed by atoms with Crippen LogP contribution in [0.5, 0.6) is 0 Å². The Morgan fingerprint density at radius 3 is 2.33 bits per heavy atom. The number of amides is 2. The Bertz CT molecular complexity index is 433. The molecule has 0 radical (unpaired) electrons. The van der Waals surface area contributed by atoms with Crippen LogP contribution in [-0.2, 0) is 4.79 Å². The maximum absolute atomic E-state index is 11.9. The molecule has 8 heteroatoms. The van der Waals surface area contributed by atoms with Gasteiger partial charge in [0.1, 0.15) is 0 Å². The van der Waals surface area contributed by atoms with E-state index in [1.807, 2.05) is 13.8 Å². The molecule has 0 saturated heterocycles. The highest BCUT2D eigenvalue weighted by Gasteiger charge is 2.20. The van der Waals surface area contributed by atoms with Crippen molar-refractivity contribution in [3.8, 4) is 0 Å². The lowest BCUT2D eigenvalue weighted by Crippen LogP contribution is -2.41. The number of likely N-dealkylation sites (N-methyl/N-ethyl adjacent to an activating group) is 2. The van der Waals surface area contributed by atoms with Crippen molar-refractivity contribution in [2.24, 2.45) is 0 Å². The summed E-state index contributed by atoms with van der Waals surface area (Å²) in [5.74, 6) is -0.439. The summed E-state index contributed by atoms with van der Waals surface area (Å²) in [5, 5.41) is 7.40. The van der Waals surface area contributed by atoms with Gasteiger partial charge in [0, 0.05) is 20.1 Å². The molecule has 1 aromatic heterocycles. The van der Waals surface area contributed by atoms with Gasteiger partial charge in [-0.1, -0.05) is 11.3 Å². The summed E-state index contributed by atoms with van der Waals surface area (Å²) in [5.41, 5.74) is 0. The molecule has 0 aliphatic rings. The second kappa shape index (κ2) is 6.65. The predicted molar refractivity (Wildman–Crippen MR) is 69.8 cm³/mol. The summed E-state index contributed by atoms with van der Waals surface area (Å²) in [7, 11) is 1.55. The van der Waals surface area contributed by atoms with Gasteiger partial charge in [0.2, 0.25) is 15.4 Å². The number of carbonyl (C=O) groups is 2. The van der Waals surface area contributed by atoms with Gasteiger partial charge in [-0.3, -0.25) is 9.59 Å². The summed E-state index contributed by atoms with van der Waals surface area (Å²) in [6.45, 7) is 5.07. The highest BCUT2D eigenvalue weighted by Crippen LogP contribution is 2.16. The minimum atomic E-state index is -0.347. The largest absolute Gasteiger partial charge is 0.342 e. The average molecular weight is 291 g/mol. The second-order valence-electron chi connectivity index (χ2n) is 3.59. The van der Waals surface area contributed by atoms with Crippen LogP contribution < -0.4 is 0 Å². The van der Waals surface area contributed by atoms with Crippen LogP contribution in [0.15, 0.2) is 0 Å². The van der Waals surface area contributed by atoms with Crippen molar-refractivity contribution >= 4 is 34.8 Å². The first kappa shape index (κ1) is 14.8. The summed E-state index contributed by atoms with van der Waals surface area (Å²) in [6, 6.07) is 0. The lowest BCUT2D eigenvalue weighted by Gasteiger charge is -2.22. The van der Waals surface area contributed by atoms with Gasteiger partial charge in [0.25, 0.3) is 5.91 Å². The second-order valence-corrected chi connectivity index (χ2v) is 5.15. The Balaban J connectivity index is 2.63. The third-order valence-corrected chi connectivity index (χ3v) is 3.43. The minimum absolute atomic E-state index is 0.0255. The highest BCUT2D eigenvalue weighted by molar-refractivity contribution is 7.17. The molecule has 6 nitrogen and oxygen atoms in total. The van der Waals surface area contributed by atoms with Crippen LogP contribution >= 0.6 is 22.9 Å². The fourth-order valence-electron chi connectivity index (χ4n) is 1.41. The topological polar surface area (TPSA) is 66.4 Å². The molecule has 1 aromatic rings. The van der Waals surface area contributed by atoms with E-state index in [1.165, 1.54) is 4.90 Å². The fourth-order valence-corrected chi connectivity index (χ4v) is 2.23. The molecule has 2 amide bonds. The minimum Gasteiger partial charge on any atom is -0.342 e. The number of carbonyl (C=O) groups excluding carboxylic acids is 2. The monoisotopic (exact) mass is 290 g/mol. The molecular formula is C10H15ClN4O2S. The lowest BCUT2D eigenvalue weighted by molar-refractivity contribution is -0.131. The van der Waals surface area contributed by atoms with Crippen molar-refractivity contribution < 1.29 is 9.59 Å². The van der Waals surface area contributed by atoms with E-state index in [9.17, 15) is 9.59 Å². The van der Waals surface area contributed by atoms with E-state index in [0.717, 1.165) is 11.3 Å². The smallest absolute Gasteiger partial charge is 0.285 e. The van der Waals surface area contributed by atoms with Gasteiger partial charge in [0.05, 0.1) is 6.54 Å². The standard InChI is InChI=1S/C10H15ClN4O2S/c1-4-15(5-2)7(16)6-14(3)9(17)8-12-13-10(11)18-8/h4-6H2,1-3H3. The lowest BCUT2D eigenvalue weighted by atomic mass is 10.4. The van der Waals surface area contributed by atoms with Crippen molar-refractivity contribution in [2.75, 3.05) is 26.7 Å². The van der Waals surface area contributed by atoms with E-state index in [4.69, 9.17) is 11.6 Å². The zero-order valence-corrected chi connectivity index (χ0v) is 12.1.